The number of carbonyl (C=O) groups excluding carboxylic acids is 1. The molecule has 1 aromatic carbocycles. The molecule has 0 bridgehead atoms. The van der Waals surface area contributed by atoms with Gasteiger partial charge >= 0.3 is 0 Å². The fourth-order valence-corrected chi connectivity index (χ4v) is 3.66. The summed E-state index contributed by atoms with van der Waals surface area (Å²) in [5.41, 5.74) is 2.73. The molecule has 7 heteroatoms. The fourth-order valence-electron chi connectivity index (χ4n) is 3.66. The maximum atomic E-state index is 12.7. The predicted molar refractivity (Wildman–Crippen MR) is 103 cm³/mol. The first kappa shape index (κ1) is 17.5. The van der Waals surface area contributed by atoms with E-state index in [4.69, 9.17) is 4.74 Å². The Hall–Kier alpha value is -2.96. The molecular weight excluding hydrogens is 344 g/mol. The van der Waals surface area contributed by atoms with Crippen LogP contribution in [0, 0.1) is 11.8 Å². The van der Waals surface area contributed by atoms with Crippen LogP contribution in [-0.2, 0) is 0 Å². The normalized spacial score (nSPS) is 16.5. The number of anilines is 2. The summed E-state index contributed by atoms with van der Waals surface area (Å²) in [6, 6.07) is 7.27. The van der Waals surface area contributed by atoms with E-state index in [1.165, 1.54) is 6.42 Å². The summed E-state index contributed by atoms with van der Waals surface area (Å²) in [5.74, 6) is 1.31. The first-order chi connectivity index (χ1) is 13.2. The zero-order valence-electron chi connectivity index (χ0n) is 15.4. The first-order valence-corrected chi connectivity index (χ1v) is 9.31. The average Bonchev–Trinajstić information content (AvgIpc) is 2.73. The van der Waals surface area contributed by atoms with Crippen LogP contribution in [0.3, 0.4) is 0 Å². The van der Waals surface area contributed by atoms with E-state index < -0.39 is 0 Å². The predicted octanol–water partition coefficient (Wildman–Crippen LogP) is 3.94. The van der Waals surface area contributed by atoms with Crippen molar-refractivity contribution in [3.63, 3.8) is 0 Å². The minimum atomic E-state index is 0.0166. The molecule has 7 nitrogen and oxygen atoms in total. The number of pyridine rings is 1. The molecule has 0 spiro atoms. The van der Waals surface area contributed by atoms with E-state index in [-0.39, 0.29) is 5.91 Å². The molecule has 0 radical (unpaired) electrons. The molecule has 1 saturated heterocycles. The molecule has 1 fully saturated rings. The molecule has 1 aromatic heterocycles. The number of likely N-dealkylation sites (tertiary alicyclic amines) is 1. The van der Waals surface area contributed by atoms with Crippen LogP contribution in [0.25, 0.3) is 0 Å². The van der Waals surface area contributed by atoms with Gasteiger partial charge < -0.3 is 14.5 Å². The summed E-state index contributed by atoms with van der Waals surface area (Å²) in [7, 11) is 0. The van der Waals surface area contributed by atoms with Gasteiger partial charge in [0.15, 0.2) is 11.6 Å². The number of hydrogen-bond acceptors (Lipinski definition) is 6. The molecule has 2 aliphatic heterocycles. The Balaban J connectivity index is 1.62. The molecule has 1 amide bonds. The number of benzene rings is 1. The summed E-state index contributed by atoms with van der Waals surface area (Å²) in [4.78, 5) is 32.0. The zero-order valence-corrected chi connectivity index (χ0v) is 15.4. The van der Waals surface area contributed by atoms with Crippen molar-refractivity contribution in [1.82, 2.24) is 9.88 Å². The van der Waals surface area contributed by atoms with Crippen molar-refractivity contribution in [3.8, 4) is 5.75 Å². The van der Waals surface area contributed by atoms with Crippen LogP contribution in [-0.4, -0.2) is 42.0 Å². The number of fused-ring (bicyclic) bond motifs is 1. The van der Waals surface area contributed by atoms with E-state index in [0.717, 1.165) is 37.2 Å². The number of aryl methyl sites for hydroxylation is 1. The summed E-state index contributed by atoms with van der Waals surface area (Å²) in [6.07, 6.45) is 4.92. The number of nitrogens with zero attached hydrogens (tertiary/aromatic N) is 4. The highest BCUT2D eigenvalue weighted by Crippen LogP contribution is 2.37. The number of aromatic nitrogens is 1. The second-order valence-electron chi connectivity index (χ2n) is 6.96. The van der Waals surface area contributed by atoms with Crippen LogP contribution >= 0.6 is 0 Å². The van der Waals surface area contributed by atoms with Crippen molar-refractivity contribution in [2.75, 3.05) is 31.1 Å². The van der Waals surface area contributed by atoms with Gasteiger partial charge in [0.25, 0.3) is 5.91 Å². The third-order valence-corrected chi connectivity index (χ3v) is 5.14. The van der Waals surface area contributed by atoms with Crippen molar-refractivity contribution >= 4 is 23.1 Å². The Bertz CT molecular complexity index is 878. The molecule has 2 aliphatic rings. The zero-order chi connectivity index (χ0) is 18.8. The standard InChI is InChI=1S/C20H22N4O3/c1-14-11-16(5-6-17(14)22-26)24-9-10-27-18-12-15(13-21-19(18)24)20(25)23-7-3-2-4-8-23/h5-6,11-13H,2-4,7-10H2,1H3. The highest BCUT2D eigenvalue weighted by molar-refractivity contribution is 5.95. The van der Waals surface area contributed by atoms with Gasteiger partial charge in [-0.15, -0.1) is 4.91 Å². The van der Waals surface area contributed by atoms with Gasteiger partial charge in [0.2, 0.25) is 0 Å². The second-order valence-corrected chi connectivity index (χ2v) is 6.96. The van der Waals surface area contributed by atoms with Crippen LogP contribution in [0.2, 0.25) is 0 Å². The molecule has 3 heterocycles. The summed E-state index contributed by atoms with van der Waals surface area (Å²) in [5, 5.41) is 3.03. The maximum Gasteiger partial charge on any atom is 0.255 e. The minimum Gasteiger partial charge on any atom is -0.488 e. The van der Waals surface area contributed by atoms with Gasteiger partial charge in [0.1, 0.15) is 12.3 Å². The number of carbonyl (C=O) groups is 1. The van der Waals surface area contributed by atoms with Crippen molar-refractivity contribution in [2.24, 2.45) is 5.18 Å². The van der Waals surface area contributed by atoms with Crippen LogP contribution in [0.1, 0.15) is 35.2 Å². The lowest BCUT2D eigenvalue weighted by molar-refractivity contribution is 0.0723. The van der Waals surface area contributed by atoms with Gasteiger partial charge in [-0.25, -0.2) is 4.98 Å². The van der Waals surface area contributed by atoms with E-state index in [0.29, 0.717) is 36.0 Å². The number of ether oxygens (including phenoxy) is 1. The number of rotatable bonds is 3. The van der Waals surface area contributed by atoms with Gasteiger partial charge in [0, 0.05) is 25.0 Å². The van der Waals surface area contributed by atoms with Gasteiger partial charge in [-0.2, -0.15) is 0 Å². The highest BCUT2D eigenvalue weighted by Gasteiger charge is 2.25. The molecule has 140 valence electrons. The van der Waals surface area contributed by atoms with Crippen molar-refractivity contribution in [2.45, 2.75) is 26.2 Å². The number of nitroso groups, excluding NO2 is 1. The Morgan fingerprint density at radius 1 is 1.15 bits per heavy atom. The molecule has 0 aliphatic carbocycles. The summed E-state index contributed by atoms with van der Waals surface area (Å²) in [6.45, 7) is 4.61. The van der Waals surface area contributed by atoms with Gasteiger partial charge in [0.05, 0.1) is 12.1 Å². The largest absolute Gasteiger partial charge is 0.488 e. The molecular formula is C20H22N4O3. The van der Waals surface area contributed by atoms with E-state index in [2.05, 4.69) is 10.2 Å². The molecule has 0 saturated carbocycles. The molecule has 4 rings (SSSR count). The second kappa shape index (κ2) is 7.34. The SMILES string of the molecule is Cc1cc(N2CCOc3cc(C(=O)N4CCCCC4)cnc32)ccc1N=O. The molecule has 0 unspecified atom stereocenters. The van der Waals surface area contributed by atoms with Crippen molar-refractivity contribution in [3.05, 3.63) is 46.5 Å². The minimum absolute atomic E-state index is 0.0166. The lowest BCUT2D eigenvalue weighted by Gasteiger charge is -2.31. The molecule has 0 atom stereocenters. The number of hydrogen-bond donors (Lipinski definition) is 0. The Kier molecular flexibility index (Phi) is 4.75. The van der Waals surface area contributed by atoms with Crippen LogP contribution in [0.15, 0.2) is 35.6 Å². The fraction of sp³-hybridized carbons (Fsp3) is 0.400. The maximum absolute atomic E-state index is 12.7. The summed E-state index contributed by atoms with van der Waals surface area (Å²) >= 11 is 0. The molecule has 27 heavy (non-hydrogen) atoms. The van der Waals surface area contributed by atoms with E-state index in [1.807, 2.05) is 28.9 Å². The van der Waals surface area contributed by atoms with E-state index in [9.17, 15) is 9.70 Å². The number of amides is 1. The van der Waals surface area contributed by atoms with Crippen molar-refractivity contribution in [1.29, 1.82) is 0 Å². The van der Waals surface area contributed by atoms with Gasteiger partial charge in [-0.05, 0) is 61.2 Å². The smallest absolute Gasteiger partial charge is 0.255 e. The number of piperidine rings is 1. The van der Waals surface area contributed by atoms with E-state index >= 15 is 0 Å². The van der Waals surface area contributed by atoms with Crippen LogP contribution in [0.4, 0.5) is 17.2 Å². The Morgan fingerprint density at radius 3 is 2.70 bits per heavy atom. The quantitative estimate of drug-likeness (QED) is 0.769. The van der Waals surface area contributed by atoms with Crippen LogP contribution < -0.4 is 9.64 Å². The van der Waals surface area contributed by atoms with E-state index in [1.54, 1.807) is 18.3 Å². The van der Waals surface area contributed by atoms with Gasteiger partial charge in [-0.3, -0.25) is 4.79 Å². The van der Waals surface area contributed by atoms with Crippen LogP contribution in [0.5, 0.6) is 5.75 Å². The summed E-state index contributed by atoms with van der Waals surface area (Å²) < 4.78 is 5.79. The monoisotopic (exact) mass is 366 g/mol. The molecule has 0 N–H and O–H groups in total. The lowest BCUT2D eigenvalue weighted by Crippen LogP contribution is -2.36. The average molecular weight is 366 g/mol. The lowest BCUT2D eigenvalue weighted by atomic mass is 10.1. The third kappa shape index (κ3) is 3.37. The Labute approximate surface area is 157 Å². The third-order valence-electron chi connectivity index (χ3n) is 5.14. The topological polar surface area (TPSA) is 75.1 Å². The molecule has 2 aromatic rings. The van der Waals surface area contributed by atoms with Crippen molar-refractivity contribution < 1.29 is 9.53 Å². The van der Waals surface area contributed by atoms with Gasteiger partial charge in [-0.1, -0.05) is 0 Å². The Morgan fingerprint density at radius 2 is 1.96 bits per heavy atom. The highest BCUT2D eigenvalue weighted by atomic mass is 16.5. The first-order valence-electron chi connectivity index (χ1n) is 9.31.